The van der Waals surface area contributed by atoms with Crippen LogP contribution in [0.1, 0.15) is 6.92 Å². The minimum absolute atomic E-state index is 0.461. The highest BCUT2D eigenvalue weighted by Crippen LogP contribution is 2.25. The number of hydrogen-bond donors (Lipinski definition) is 1. The van der Waals surface area contributed by atoms with E-state index >= 15 is 0 Å². The quantitative estimate of drug-likeness (QED) is 0.778. The van der Waals surface area contributed by atoms with E-state index in [0.717, 1.165) is 42.2 Å². The second-order valence-electron chi connectivity index (χ2n) is 5.63. The lowest BCUT2D eigenvalue weighted by Gasteiger charge is -2.32. The molecule has 1 unspecified atom stereocenters. The van der Waals surface area contributed by atoms with Crippen LogP contribution in [0, 0.1) is 0 Å². The number of rotatable bonds is 2. The molecule has 1 N–H and O–H groups in total. The van der Waals surface area contributed by atoms with Crippen LogP contribution in [0.3, 0.4) is 0 Å². The van der Waals surface area contributed by atoms with Crippen molar-refractivity contribution in [1.29, 1.82) is 0 Å². The third-order valence-corrected chi connectivity index (χ3v) is 4.01. The average molecular weight is 294 g/mol. The van der Waals surface area contributed by atoms with E-state index in [1.165, 1.54) is 0 Å². The Morgan fingerprint density at radius 3 is 2.86 bits per heavy atom. The van der Waals surface area contributed by atoms with E-state index in [-0.39, 0.29) is 0 Å². The maximum atomic E-state index is 4.51. The van der Waals surface area contributed by atoms with Crippen LogP contribution in [0.15, 0.2) is 42.9 Å². The molecule has 1 atom stereocenters. The minimum Gasteiger partial charge on any atom is -0.353 e. The fourth-order valence-corrected chi connectivity index (χ4v) is 2.97. The van der Waals surface area contributed by atoms with E-state index in [1.807, 2.05) is 41.2 Å². The predicted octanol–water partition coefficient (Wildman–Crippen LogP) is 1.61. The summed E-state index contributed by atoms with van der Waals surface area (Å²) >= 11 is 0. The third-order valence-electron chi connectivity index (χ3n) is 4.01. The first-order valence-electron chi connectivity index (χ1n) is 7.55. The molecule has 112 valence electrons. The first-order valence-corrected chi connectivity index (χ1v) is 7.55. The van der Waals surface area contributed by atoms with Gasteiger partial charge in [-0.3, -0.25) is 0 Å². The van der Waals surface area contributed by atoms with Crippen LogP contribution in [-0.4, -0.2) is 45.4 Å². The zero-order valence-corrected chi connectivity index (χ0v) is 12.5. The fourth-order valence-electron chi connectivity index (χ4n) is 2.97. The maximum Gasteiger partial charge on any atom is 0.168 e. The van der Waals surface area contributed by atoms with Crippen LogP contribution in [0.25, 0.3) is 16.7 Å². The van der Waals surface area contributed by atoms with E-state index < -0.39 is 0 Å². The van der Waals surface area contributed by atoms with Crippen molar-refractivity contribution in [2.24, 2.45) is 0 Å². The Morgan fingerprint density at radius 1 is 1.18 bits per heavy atom. The third kappa shape index (κ3) is 2.21. The molecule has 2 aromatic heterocycles. The van der Waals surface area contributed by atoms with Gasteiger partial charge < -0.3 is 10.2 Å². The Labute approximate surface area is 128 Å². The minimum atomic E-state index is 0.461. The van der Waals surface area contributed by atoms with Crippen LogP contribution in [0.2, 0.25) is 0 Å². The van der Waals surface area contributed by atoms with Gasteiger partial charge in [0, 0.05) is 25.7 Å². The number of aromatic nitrogens is 4. The van der Waals surface area contributed by atoms with Crippen LogP contribution < -0.4 is 10.2 Å². The van der Waals surface area contributed by atoms with E-state index in [1.54, 1.807) is 6.33 Å². The molecule has 4 rings (SSSR count). The number of piperazine rings is 1. The fraction of sp³-hybridized carbons (Fsp3) is 0.312. The summed E-state index contributed by atoms with van der Waals surface area (Å²) < 4.78 is 1.87. The molecule has 6 heteroatoms. The number of para-hydroxylation sites is 1. The van der Waals surface area contributed by atoms with Crippen LogP contribution in [-0.2, 0) is 0 Å². The summed E-state index contributed by atoms with van der Waals surface area (Å²) in [4.78, 5) is 11.3. The van der Waals surface area contributed by atoms with Crippen molar-refractivity contribution in [2.45, 2.75) is 13.0 Å². The lowest BCUT2D eigenvalue weighted by Crippen LogP contribution is -2.49. The van der Waals surface area contributed by atoms with Gasteiger partial charge in [-0.15, -0.1) is 0 Å². The van der Waals surface area contributed by atoms with Crippen molar-refractivity contribution in [3.63, 3.8) is 0 Å². The van der Waals surface area contributed by atoms with Crippen molar-refractivity contribution < 1.29 is 0 Å². The number of anilines is 1. The number of hydrogen-bond acceptors (Lipinski definition) is 5. The van der Waals surface area contributed by atoms with Gasteiger partial charge in [0.05, 0.1) is 17.3 Å². The molecule has 1 aliphatic rings. The Kier molecular flexibility index (Phi) is 3.23. The number of fused-ring (bicyclic) bond motifs is 1. The lowest BCUT2D eigenvalue weighted by atomic mass is 10.2. The van der Waals surface area contributed by atoms with Gasteiger partial charge in [0.15, 0.2) is 5.65 Å². The summed E-state index contributed by atoms with van der Waals surface area (Å²) in [5.74, 6) is 0.973. The zero-order valence-electron chi connectivity index (χ0n) is 12.5. The van der Waals surface area contributed by atoms with E-state index in [0.29, 0.717) is 6.04 Å². The topological polar surface area (TPSA) is 58.9 Å². The summed E-state index contributed by atoms with van der Waals surface area (Å²) in [6.45, 7) is 5.06. The lowest BCUT2D eigenvalue weighted by molar-refractivity contribution is 0.483. The van der Waals surface area contributed by atoms with Crippen molar-refractivity contribution >= 4 is 16.9 Å². The molecule has 0 bridgehead atoms. The van der Waals surface area contributed by atoms with Gasteiger partial charge in [0.2, 0.25) is 0 Å². The molecule has 22 heavy (non-hydrogen) atoms. The predicted molar refractivity (Wildman–Crippen MR) is 86.3 cm³/mol. The van der Waals surface area contributed by atoms with Gasteiger partial charge in [-0.2, -0.15) is 5.10 Å². The molecular weight excluding hydrogens is 276 g/mol. The van der Waals surface area contributed by atoms with E-state index in [9.17, 15) is 0 Å². The number of nitrogens with one attached hydrogen (secondary N) is 1. The maximum absolute atomic E-state index is 4.51. The highest BCUT2D eigenvalue weighted by molar-refractivity contribution is 5.87. The molecule has 0 aliphatic carbocycles. The van der Waals surface area contributed by atoms with Gasteiger partial charge in [-0.25, -0.2) is 14.6 Å². The Hall–Kier alpha value is -2.47. The van der Waals surface area contributed by atoms with Gasteiger partial charge >= 0.3 is 0 Å². The molecule has 1 fully saturated rings. The van der Waals surface area contributed by atoms with Gasteiger partial charge in [-0.1, -0.05) is 18.2 Å². The highest BCUT2D eigenvalue weighted by atomic mass is 15.3. The molecular formula is C16H18N6. The zero-order chi connectivity index (χ0) is 14.9. The van der Waals surface area contributed by atoms with Gasteiger partial charge in [0.1, 0.15) is 12.1 Å². The number of benzene rings is 1. The van der Waals surface area contributed by atoms with E-state index in [2.05, 4.69) is 32.2 Å². The number of nitrogens with zero attached hydrogens (tertiary/aromatic N) is 5. The van der Waals surface area contributed by atoms with Gasteiger partial charge in [0.25, 0.3) is 0 Å². The molecule has 3 aromatic rings. The van der Waals surface area contributed by atoms with Crippen molar-refractivity contribution in [1.82, 2.24) is 25.1 Å². The summed E-state index contributed by atoms with van der Waals surface area (Å²) in [5, 5.41) is 8.97. The Balaban J connectivity index is 1.80. The summed E-state index contributed by atoms with van der Waals surface area (Å²) in [6.07, 6.45) is 3.50. The molecule has 6 nitrogen and oxygen atoms in total. The average Bonchev–Trinajstić information content (AvgIpc) is 2.99. The second-order valence-corrected chi connectivity index (χ2v) is 5.63. The molecule has 0 spiro atoms. The smallest absolute Gasteiger partial charge is 0.168 e. The Bertz CT molecular complexity index is 782. The van der Waals surface area contributed by atoms with Crippen molar-refractivity contribution in [2.75, 3.05) is 24.5 Å². The highest BCUT2D eigenvalue weighted by Gasteiger charge is 2.20. The normalized spacial score (nSPS) is 18.8. The SMILES string of the molecule is CC1CN(c2ncnc3c2cnn3-c2ccccc2)CCN1. The molecule has 0 saturated carbocycles. The Morgan fingerprint density at radius 2 is 2.05 bits per heavy atom. The molecule has 1 saturated heterocycles. The van der Waals surface area contributed by atoms with Crippen molar-refractivity contribution in [3.05, 3.63) is 42.9 Å². The summed E-state index contributed by atoms with van der Waals surface area (Å²) in [7, 11) is 0. The first-order chi connectivity index (χ1) is 10.8. The molecule has 3 heterocycles. The molecule has 0 radical (unpaired) electrons. The van der Waals surface area contributed by atoms with Gasteiger partial charge in [-0.05, 0) is 19.1 Å². The molecule has 0 amide bonds. The van der Waals surface area contributed by atoms with Crippen LogP contribution in [0.5, 0.6) is 0 Å². The van der Waals surface area contributed by atoms with E-state index in [4.69, 9.17) is 0 Å². The first kappa shape index (κ1) is 13.2. The largest absolute Gasteiger partial charge is 0.353 e. The second kappa shape index (κ2) is 5.38. The molecule has 1 aromatic carbocycles. The van der Waals surface area contributed by atoms with Crippen LogP contribution >= 0.6 is 0 Å². The summed E-state index contributed by atoms with van der Waals surface area (Å²) in [6, 6.07) is 10.5. The summed E-state index contributed by atoms with van der Waals surface area (Å²) in [5.41, 5.74) is 1.86. The van der Waals surface area contributed by atoms with Crippen LogP contribution in [0.4, 0.5) is 5.82 Å². The monoisotopic (exact) mass is 294 g/mol. The standard InChI is InChI=1S/C16H18N6/c1-12-10-21(8-7-17-12)15-14-9-20-22(16(14)19-11-18-15)13-5-3-2-4-6-13/h2-6,9,11-12,17H,7-8,10H2,1H3. The van der Waals surface area contributed by atoms with Crippen molar-refractivity contribution in [3.8, 4) is 5.69 Å². The molecule has 1 aliphatic heterocycles.